The van der Waals surface area contributed by atoms with Crippen LogP contribution in [0.25, 0.3) is 11.1 Å². The van der Waals surface area contributed by atoms with E-state index >= 15 is 0 Å². The Morgan fingerprint density at radius 2 is 1.33 bits per heavy atom. The summed E-state index contributed by atoms with van der Waals surface area (Å²) in [6.07, 6.45) is 0. The number of benzene rings is 2. The largest absolute Gasteiger partial charge is 0.489 e. The molecule has 6 nitrogen and oxygen atoms in total. The average molecular weight is 448 g/mol. The van der Waals surface area contributed by atoms with Crippen molar-refractivity contribution in [2.75, 3.05) is 13.2 Å². The summed E-state index contributed by atoms with van der Waals surface area (Å²) in [5, 5.41) is 0. The monoisotopic (exact) mass is 447 g/mol. The summed E-state index contributed by atoms with van der Waals surface area (Å²) in [5.41, 5.74) is 4.92. The van der Waals surface area contributed by atoms with Crippen molar-refractivity contribution in [3.05, 3.63) is 82.2 Å². The lowest BCUT2D eigenvalue weighted by Crippen LogP contribution is -2.17. The van der Waals surface area contributed by atoms with Crippen LogP contribution >= 0.6 is 0 Å². The molecule has 0 atom stereocenters. The van der Waals surface area contributed by atoms with Crippen molar-refractivity contribution < 1.29 is 23.8 Å². The van der Waals surface area contributed by atoms with Gasteiger partial charge < -0.3 is 14.2 Å². The quantitative estimate of drug-likeness (QED) is 0.418. The highest BCUT2D eigenvalue weighted by Gasteiger charge is 2.27. The smallest absolute Gasteiger partial charge is 0.340 e. The number of aromatic nitrogens is 1. The van der Waals surface area contributed by atoms with Crippen LogP contribution in [0.5, 0.6) is 5.75 Å². The lowest BCUT2D eigenvalue weighted by atomic mass is 9.92. The maximum Gasteiger partial charge on any atom is 0.340 e. The summed E-state index contributed by atoms with van der Waals surface area (Å²) in [5.74, 6) is -0.370. The van der Waals surface area contributed by atoms with Gasteiger partial charge in [0.25, 0.3) is 0 Å². The number of rotatable bonds is 8. The van der Waals surface area contributed by atoms with E-state index in [0.29, 0.717) is 34.9 Å². The summed E-state index contributed by atoms with van der Waals surface area (Å²) >= 11 is 0. The molecule has 0 radical (unpaired) electrons. The van der Waals surface area contributed by atoms with Gasteiger partial charge in [-0.1, -0.05) is 36.4 Å². The van der Waals surface area contributed by atoms with Gasteiger partial charge in [-0.2, -0.15) is 0 Å². The number of carbonyl (C=O) groups excluding carboxylic acids is 2. The second-order valence-electron chi connectivity index (χ2n) is 7.59. The second-order valence-corrected chi connectivity index (χ2v) is 7.59. The third-order valence-corrected chi connectivity index (χ3v) is 5.32. The molecule has 0 aliphatic rings. The molecule has 0 aliphatic heterocycles. The zero-order valence-corrected chi connectivity index (χ0v) is 19.7. The number of aryl methyl sites for hydroxylation is 3. The first-order valence-electron chi connectivity index (χ1n) is 11.0. The maximum atomic E-state index is 12.8. The topological polar surface area (TPSA) is 74.7 Å². The van der Waals surface area contributed by atoms with E-state index in [9.17, 15) is 9.59 Å². The predicted molar refractivity (Wildman–Crippen MR) is 127 cm³/mol. The molecule has 0 N–H and O–H groups in total. The van der Waals surface area contributed by atoms with Gasteiger partial charge in [-0.05, 0) is 63.4 Å². The highest BCUT2D eigenvalue weighted by Crippen LogP contribution is 2.33. The SMILES string of the molecule is CCOC(=O)c1c(C)nc(C)c(C(=O)OCC)c1-c1ccc(OCc2ccccc2C)cc1. The van der Waals surface area contributed by atoms with Gasteiger partial charge in [-0.25, -0.2) is 9.59 Å². The number of ether oxygens (including phenoxy) is 3. The normalized spacial score (nSPS) is 10.6. The van der Waals surface area contributed by atoms with E-state index in [-0.39, 0.29) is 24.3 Å². The van der Waals surface area contributed by atoms with E-state index in [2.05, 4.69) is 4.98 Å². The number of hydrogen-bond acceptors (Lipinski definition) is 6. The zero-order valence-electron chi connectivity index (χ0n) is 19.7. The van der Waals surface area contributed by atoms with Gasteiger partial charge in [0.2, 0.25) is 0 Å². The molecule has 0 bridgehead atoms. The van der Waals surface area contributed by atoms with Crippen LogP contribution < -0.4 is 4.74 Å². The van der Waals surface area contributed by atoms with E-state index in [0.717, 1.165) is 11.1 Å². The molecule has 1 heterocycles. The molecule has 0 fully saturated rings. The van der Waals surface area contributed by atoms with Crippen LogP contribution in [0.4, 0.5) is 0 Å². The van der Waals surface area contributed by atoms with Crippen LogP contribution in [-0.2, 0) is 16.1 Å². The van der Waals surface area contributed by atoms with E-state index in [1.807, 2.05) is 55.5 Å². The van der Waals surface area contributed by atoms with Crippen LogP contribution in [0.2, 0.25) is 0 Å². The first-order chi connectivity index (χ1) is 15.9. The van der Waals surface area contributed by atoms with Crippen molar-refractivity contribution in [2.45, 2.75) is 41.2 Å². The Morgan fingerprint density at radius 1 is 0.788 bits per heavy atom. The van der Waals surface area contributed by atoms with Crippen molar-refractivity contribution in [1.82, 2.24) is 4.98 Å². The molecule has 172 valence electrons. The van der Waals surface area contributed by atoms with Crippen LogP contribution in [-0.4, -0.2) is 30.1 Å². The van der Waals surface area contributed by atoms with Crippen LogP contribution in [0.15, 0.2) is 48.5 Å². The Morgan fingerprint density at radius 3 is 1.85 bits per heavy atom. The van der Waals surface area contributed by atoms with Gasteiger partial charge in [0, 0.05) is 5.56 Å². The molecule has 6 heteroatoms. The van der Waals surface area contributed by atoms with Crippen molar-refractivity contribution >= 4 is 11.9 Å². The predicted octanol–water partition coefficient (Wildman–Crippen LogP) is 5.61. The average Bonchev–Trinajstić information content (AvgIpc) is 2.78. The van der Waals surface area contributed by atoms with Gasteiger partial charge in [0.05, 0.1) is 35.7 Å². The summed E-state index contributed by atoms with van der Waals surface area (Å²) in [7, 11) is 0. The molecule has 3 rings (SSSR count). The van der Waals surface area contributed by atoms with Gasteiger partial charge >= 0.3 is 11.9 Å². The second kappa shape index (κ2) is 10.8. The van der Waals surface area contributed by atoms with Crippen molar-refractivity contribution in [3.8, 4) is 16.9 Å². The van der Waals surface area contributed by atoms with Gasteiger partial charge in [-0.15, -0.1) is 0 Å². The fourth-order valence-corrected chi connectivity index (χ4v) is 3.70. The Labute approximate surface area is 194 Å². The molecule has 0 saturated heterocycles. The minimum Gasteiger partial charge on any atom is -0.489 e. The van der Waals surface area contributed by atoms with Gasteiger partial charge in [0.1, 0.15) is 12.4 Å². The summed E-state index contributed by atoms with van der Waals surface area (Å²) in [6, 6.07) is 15.4. The summed E-state index contributed by atoms with van der Waals surface area (Å²) in [6.45, 7) is 9.86. The number of esters is 2. The number of nitrogens with zero attached hydrogens (tertiary/aromatic N) is 1. The summed E-state index contributed by atoms with van der Waals surface area (Å²) in [4.78, 5) is 30.1. The standard InChI is InChI=1S/C27H29NO5/c1-6-31-26(29)23-18(4)28-19(5)24(27(30)32-7-2)25(23)20-12-14-22(15-13-20)33-16-21-11-9-8-10-17(21)3/h8-15H,6-7,16H2,1-5H3. The van der Waals surface area contributed by atoms with Gasteiger partial charge in [-0.3, -0.25) is 4.98 Å². The zero-order chi connectivity index (χ0) is 24.0. The molecule has 33 heavy (non-hydrogen) atoms. The van der Waals surface area contributed by atoms with Crippen LogP contribution in [0.1, 0.15) is 57.1 Å². The summed E-state index contributed by atoms with van der Waals surface area (Å²) < 4.78 is 16.5. The van der Waals surface area contributed by atoms with Crippen molar-refractivity contribution in [2.24, 2.45) is 0 Å². The molecule has 1 aromatic heterocycles. The molecule has 0 spiro atoms. The van der Waals surface area contributed by atoms with Crippen molar-refractivity contribution in [1.29, 1.82) is 0 Å². The molecule has 0 amide bonds. The minimum atomic E-state index is -0.525. The third kappa shape index (κ3) is 5.40. The number of hydrogen-bond donors (Lipinski definition) is 0. The van der Waals surface area contributed by atoms with Crippen molar-refractivity contribution in [3.63, 3.8) is 0 Å². The van der Waals surface area contributed by atoms with E-state index in [4.69, 9.17) is 14.2 Å². The fourth-order valence-electron chi connectivity index (χ4n) is 3.70. The van der Waals surface area contributed by atoms with E-state index in [1.54, 1.807) is 27.7 Å². The van der Waals surface area contributed by atoms with E-state index < -0.39 is 11.9 Å². The maximum absolute atomic E-state index is 12.8. The highest BCUT2D eigenvalue weighted by molar-refractivity contribution is 6.07. The lowest BCUT2D eigenvalue weighted by molar-refractivity contribution is 0.0525. The molecular weight excluding hydrogens is 418 g/mol. The molecule has 0 unspecified atom stereocenters. The number of pyridine rings is 1. The molecule has 2 aromatic carbocycles. The Kier molecular flexibility index (Phi) is 7.83. The van der Waals surface area contributed by atoms with Gasteiger partial charge in [0.15, 0.2) is 0 Å². The van der Waals surface area contributed by atoms with Crippen LogP contribution in [0.3, 0.4) is 0 Å². The minimum absolute atomic E-state index is 0.214. The first-order valence-corrected chi connectivity index (χ1v) is 11.0. The molecule has 3 aromatic rings. The first kappa shape index (κ1) is 24.0. The lowest BCUT2D eigenvalue weighted by Gasteiger charge is -2.18. The highest BCUT2D eigenvalue weighted by atomic mass is 16.5. The Bertz CT molecular complexity index is 1110. The fraction of sp³-hybridized carbons (Fsp3) is 0.296. The third-order valence-electron chi connectivity index (χ3n) is 5.32. The molecular formula is C27H29NO5. The molecule has 0 aliphatic carbocycles. The Hall–Kier alpha value is -3.67. The molecule has 0 saturated carbocycles. The van der Waals surface area contributed by atoms with E-state index in [1.165, 1.54) is 0 Å². The Balaban J connectivity index is 2.03. The number of carbonyl (C=O) groups is 2. The van der Waals surface area contributed by atoms with Crippen LogP contribution in [0, 0.1) is 20.8 Å².